The Hall–Kier alpha value is -3.38. The summed E-state index contributed by atoms with van der Waals surface area (Å²) in [5.41, 5.74) is -1.59. The maximum atomic E-state index is 15.0. The molecule has 2 saturated heterocycles. The number of carbonyl (C=O) groups is 2. The number of nitrogens with zero attached hydrogens (tertiary/aromatic N) is 4. The van der Waals surface area contributed by atoms with E-state index < -0.39 is 22.8 Å². The normalized spacial score (nSPS) is 20.6. The van der Waals surface area contributed by atoms with Crippen LogP contribution in [0.4, 0.5) is 10.2 Å². The van der Waals surface area contributed by atoms with Gasteiger partial charge in [0.2, 0.25) is 11.3 Å². The highest BCUT2D eigenvalue weighted by atomic mass is 32.1. The Labute approximate surface area is 203 Å². The molecule has 0 spiro atoms. The van der Waals surface area contributed by atoms with E-state index >= 15 is 4.39 Å². The third-order valence-electron chi connectivity index (χ3n) is 6.51. The number of ether oxygens (including phenoxy) is 1. The van der Waals surface area contributed by atoms with Gasteiger partial charge in [-0.05, 0) is 32.3 Å². The number of hydrogen-bond donors (Lipinski definition) is 2. The van der Waals surface area contributed by atoms with Crippen LogP contribution in [0.3, 0.4) is 0 Å². The lowest BCUT2D eigenvalue weighted by Crippen LogP contribution is -2.56. The Morgan fingerprint density at radius 1 is 1.37 bits per heavy atom. The molecule has 5 rings (SSSR count). The molecule has 2 aliphatic heterocycles. The van der Waals surface area contributed by atoms with Gasteiger partial charge in [-0.3, -0.25) is 14.2 Å². The molecular weight excluding hydrogens is 477 g/mol. The summed E-state index contributed by atoms with van der Waals surface area (Å²) in [6.45, 7) is 3.65. The van der Waals surface area contributed by atoms with Crippen molar-refractivity contribution in [2.75, 3.05) is 31.1 Å². The second kappa shape index (κ2) is 9.00. The number of pyridine rings is 2. The van der Waals surface area contributed by atoms with Crippen molar-refractivity contribution in [2.45, 2.75) is 31.8 Å². The van der Waals surface area contributed by atoms with Crippen LogP contribution in [0.15, 0.2) is 28.6 Å². The first-order valence-electron chi connectivity index (χ1n) is 11.3. The van der Waals surface area contributed by atoms with Crippen LogP contribution in [-0.2, 0) is 9.53 Å². The molecule has 2 fully saturated rings. The van der Waals surface area contributed by atoms with Crippen molar-refractivity contribution in [3.05, 3.63) is 45.4 Å². The van der Waals surface area contributed by atoms with E-state index in [0.717, 1.165) is 31.5 Å². The van der Waals surface area contributed by atoms with E-state index in [-0.39, 0.29) is 47.4 Å². The van der Waals surface area contributed by atoms with Gasteiger partial charge < -0.3 is 20.1 Å². The van der Waals surface area contributed by atoms with Gasteiger partial charge in [0.05, 0.1) is 16.9 Å². The van der Waals surface area contributed by atoms with Crippen molar-refractivity contribution in [1.29, 1.82) is 0 Å². The number of carboxylic acids is 1. The predicted octanol–water partition coefficient (Wildman–Crippen LogP) is 2.19. The van der Waals surface area contributed by atoms with Crippen LogP contribution < -0.4 is 15.6 Å². The van der Waals surface area contributed by atoms with Crippen LogP contribution in [0.5, 0.6) is 0 Å². The number of aromatic nitrogens is 3. The minimum Gasteiger partial charge on any atom is -0.477 e. The maximum absolute atomic E-state index is 15.0. The zero-order valence-electron chi connectivity index (χ0n) is 19.0. The molecule has 5 heterocycles. The first-order valence-corrected chi connectivity index (χ1v) is 12.2. The number of fused-ring (bicyclic) bond motifs is 1. The second-order valence-electron chi connectivity index (χ2n) is 9.10. The average Bonchev–Trinajstić information content (AvgIpc) is 3.33. The van der Waals surface area contributed by atoms with E-state index in [1.54, 1.807) is 10.3 Å². The highest BCUT2D eigenvalue weighted by molar-refractivity contribution is 7.12. The Kier molecular flexibility index (Phi) is 6.01. The molecule has 3 aromatic rings. The predicted molar refractivity (Wildman–Crippen MR) is 127 cm³/mol. The van der Waals surface area contributed by atoms with Crippen molar-refractivity contribution in [2.24, 2.45) is 5.92 Å². The summed E-state index contributed by atoms with van der Waals surface area (Å²) in [6.07, 6.45) is 5.67. The van der Waals surface area contributed by atoms with E-state index in [2.05, 4.69) is 15.3 Å². The lowest BCUT2D eigenvalue weighted by atomic mass is 9.94. The fourth-order valence-electron chi connectivity index (χ4n) is 4.44. The molecule has 35 heavy (non-hydrogen) atoms. The Balaban J connectivity index is 1.38. The smallest absolute Gasteiger partial charge is 0.341 e. The molecule has 1 atom stereocenters. The Morgan fingerprint density at radius 3 is 2.83 bits per heavy atom. The van der Waals surface area contributed by atoms with E-state index in [1.165, 1.54) is 22.1 Å². The quantitative estimate of drug-likeness (QED) is 0.526. The number of hydrogen-bond acceptors (Lipinski definition) is 8. The van der Waals surface area contributed by atoms with Gasteiger partial charge in [-0.1, -0.05) is 0 Å². The lowest BCUT2D eigenvalue weighted by Gasteiger charge is -2.40. The molecule has 3 aromatic heterocycles. The number of amides is 1. The van der Waals surface area contributed by atoms with Gasteiger partial charge in [0.25, 0.3) is 0 Å². The summed E-state index contributed by atoms with van der Waals surface area (Å²) in [6, 6.07) is 1.01. The van der Waals surface area contributed by atoms with Gasteiger partial charge in [-0.25, -0.2) is 19.2 Å². The number of anilines is 1. The minimum absolute atomic E-state index is 0.00286. The number of rotatable bonds is 6. The third kappa shape index (κ3) is 4.39. The van der Waals surface area contributed by atoms with Gasteiger partial charge >= 0.3 is 5.97 Å². The summed E-state index contributed by atoms with van der Waals surface area (Å²) in [5.74, 6) is -2.63. The molecule has 1 amide bonds. The van der Waals surface area contributed by atoms with Gasteiger partial charge in [0.15, 0.2) is 22.4 Å². The summed E-state index contributed by atoms with van der Waals surface area (Å²) >= 11 is 1.22. The van der Waals surface area contributed by atoms with Crippen LogP contribution in [-0.4, -0.2) is 63.4 Å². The fraction of sp³-hybridized carbons (Fsp3) is 0.435. The first-order chi connectivity index (χ1) is 16.8. The maximum Gasteiger partial charge on any atom is 0.341 e. The van der Waals surface area contributed by atoms with Gasteiger partial charge in [-0.15, -0.1) is 11.3 Å². The number of nitrogens with one attached hydrogen (secondary N) is 1. The standard InChI is InChI=1S/C23H24FN5O5S/c1-23(4-2-3-6-34-23)12-26-20(31)13-9-28(10-13)19-16(24)8-14-17(30)15(21(32)33)11-29(18(14)27-19)22-25-5-7-35-22/h5,7-8,11,13H,2-4,6,9-10,12H2,1H3,(H,26,31)(H,32,33). The molecule has 2 N–H and O–H groups in total. The molecule has 0 aliphatic carbocycles. The summed E-state index contributed by atoms with van der Waals surface area (Å²) in [4.78, 5) is 47.1. The van der Waals surface area contributed by atoms with Crippen LogP contribution in [0.2, 0.25) is 0 Å². The second-order valence-corrected chi connectivity index (χ2v) is 9.97. The Bertz CT molecular complexity index is 1350. The topological polar surface area (TPSA) is 127 Å². The highest BCUT2D eigenvalue weighted by Gasteiger charge is 2.37. The van der Waals surface area contributed by atoms with Gasteiger partial charge in [0.1, 0.15) is 5.56 Å². The molecular formula is C23H24FN5O5S. The van der Waals surface area contributed by atoms with Crippen molar-refractivity contribution in [1.82, 2.24) is 19.9 Å². The van der Waals surface area contributed by atoms with Gasteiger partial charge in [-0.2, -0.15) is 0 Å². The fourth-order valence-corrected chi connectivity index (χ4v) is 5.05. The minimum atomic E-state index is -1.42. The molecule has 184 valence electrons. The molecule has 0 radical (unpaired) electrons. The number of carboxylic acid groups (broad SMARTS) is 1. The number of thiazole rings is 1. The third-order valence-corrected chi connectivity index (χ3v) is 7.28. The monoisotopic (exact) mass is 501 g/mol. The molecule has 0 aromatic carbocycles. The van der Waals surface area contributed by atoms with Crippen LogP contribution >= 0.6 is 11.3 Å². The van der Waals surface area contributed by atoms with Crippen molar-refractivity contribution in [3.63, 3.8) is 0 Å². The van der Waals surface area contributed by atoms with E-state index in [4.69, 9.17) is 4.74 Å². The molecule has 10 nitrogen and oxygen atoms in total. The Morgan fingerprint density at radius 2 is 2.17 bits per heavy atom. The van der Waals surface area contributed by atoms with Crippen molar-refractivity contribution in [3.8, 4) is 5.13 Å². The largest absolute Gasteiger partial charge is 0.477 e. The van der Waals surface area contributed by atoms with E-state index in [0.29, 0.717) is 18.3 Å². The molecule has 12 heteroatoms. The van der Waals surface area contributed by atoms with E-state index in [1.807, 2.05) is 6.92 Å². The SMILES string of the molecule is CC1(CNC(=O)C2CN(c3nc4c(cc3F)c(=O)c(C(=O)O)cn4-c3nccs3)C2)CCCCO1. The summed E-state index contributed by atoms with van der Waals surface area (Å²) < 4.78 is 22.2. The zero-order chi connectivity index (χ0) is 24.7. The van der Waals surface area contributed by atoms with Gasteiger partial charge in [0, 0.05) is 44.0 Å². The number of aromatic carboxylic acids is 1. The number of carbonyl (C=O) groups excluding carboxylic acids is 1. The van der Waals surface area contributed by atoms with Crippen molar-refractivity contribution < 1.29 is 23.8 Å². The molecule has 0 bridgehead atoms. The molecule has 0 saturated carbocycles. The van der Waals surface area contributed by atoms with E-state index in [9.17, 15) is 19.5 Å². The highest BCUT2D eigenvalue weighted by Crippen LogP contribution is 2.29. The first kappa shape index (κ1) is 23.4. The molecule has 2 aliphatic rings. The summed E-state index contributed by atoms with van der Waals surface area (Å²) in [5, 5.41) is 14.3. The zero-order valence-corrected chi connectivity index (χ0v) is 19.8. The van der Waals surface area contributed by atoms with Crippen LogP contribution in [0, 0.1) is 11.7 Å². The van der Waals surface area contributed by atoms with Crippen molar-refractivity contribution >= 4 is 40.1 Å². The average molecular weight is 502 g/mol. The number of halogens is 1. The molecule has 1 unspecified atom stereocenters. The van der Waals surface area contributed by atoms with Crippen LogP contribution in [0.1, 0.15) is 36.5 Å². The lowest BCUT2D eigenvalue weighted by molar-refractivity contribution is -0.128. The summed E-state index contributed by atoms with van der Waals surface area (Å²) in [7, 11) is 0. The van der Waals surface area contributed by atoms with Crippen LogP contribution in [0.25, 0.3) is 16.2 Å².